The van der Waals surface area contributed by atoms with Crippen LogP contribution >= 0.6 is 0 Å². The molecule has 2 heterocycles. The second-order valence-corrected chi connectivity index (χ2v) is 4.15. The van der Waals surface area contributed by atoms with Crippen molar-refractivity contribution in [2.45, 2.75) is 19.6 Å². The van der Waals surface area contributed by atoms with Crippen molar-refractivity contribution in [3.63, 3.8) is 0 Å². The van der Waals surface area contributed by atoms with Gasteiger partial charge in [-0.25, -0.2) is 0 Å². The largest absolute Gasteiger partial charge is 0.371 e. The van der Waals surface area contributed by atoms with Gasteiger partial charge in [-0.2, -0.15) is 0 Å². The summed E-state index contributed by atoms with van der Waals surface area (Å²) in [5.41, 5.74) is 1.27. The lowest BCUT2D eigenvalue weighted by molar-refractivity contribution is 0.389. The van der Waals surface area contributed by atoms with Gasteiger partial charge in [-0.15, -0.1) is 0 Å². The van der Waals surface area contributed by atoms with E-state index in [1.807, 2.05) is 6.07 Å². The van der Waals surface area contributed by atoms with E-state index >= 15 is 0 Å². The Morgan fingerprint density at radius 1 is 1.00 bits per heavy atom. The van der Waals surface area contributed by atoms with Crippen LogP contribution in [0.3, 0.4) is 0 Å². The number of nitrogens with zero attached hydrogens (tertiary/aromatic N) is 1. The molecule has 0 amide bonds. The molecule has 0 saturated carbocycles. The number of benzene rings is 1. The second-order valence-electron chi connectivity index (χ2n) is 4.15. The molecular weight excluding hydrogens is 202 g/mol. The van der Waals surface area contributed by atoms with Crippen LogP contribution in [-0.2, 0) is 9.47 Å². The van der Waals surface area contributed by atoms with Gasteiger partial charge in [0, 0.05) is 18.8 Å². The van der Waals surface area contributed by atoms with Gasteiger partial charge in [-0.05, 0) is 12.1 Å². The zero-order valence-corrected chi connectivity index (χ0v) is 8.63. The molecule has 88 valence electrons. The minimum atomic E-state index is 0. The van der Waals surface area contributed by atoms with E-state index in [-0.39, 0.29) is 7.43 Å². The summed E-state index contributed by atoms with van der Waals surface area (Å²) in [5, 5.41) is 0. The molecular formula is C13H19NO2. The van der Waals surface area contributed by atoms with E-state index < -0.39 is 0 Å². The van der Waals surface area contributed by atoms with Crippen molar-refractivity contribution < 1.29 is 9.47 Å². The van der Waals surface area contributed by atoms with Crippen LogP contribution in [0.1, 0.15) is 7.43 Å². The number of ether oxygens (including phenoxy) is 2. The molecule has 0 N–H and O–H groups in total. The quantitative estimate of drug-likeness (QED) is 0.711. The Kier molecular flexibility index (Phi) is 3.46. The number of hydrogen-bond donors (Lipinski definition) is 0. The highest BCUT2D eigenvalue weighted by Gasteiger charge is 2.30. The molecule has 2 saturated heterocycles. The van der Waals surface area contributed by atoms with Crippen LogP contribution in [0, 0.1) is 0 Å². The molecule has 3 heteroatoms. The molecule has 2 unspecified atom stereocenters. The van der Waals surface area contributed by atoms with E-state index in [1.54, 1.807) is 0 Å². The highest BCUT2D eigenvalue weighted by atomic mass is 16.6. The van der Waals surface area contributed by atoms with Gasteiger partial charge in [0.15, 0.2) is 0 Å². The molecule has 2 atom stereocenters. The van der Waals surface area contributed by atoms with Gasteiger partial charge in [0.05, 0.1) is 25.4 Å². The van der Waals surface area contributed by atoms with Crippen molar-refractivity contribution >= 4 is 5.69 Å². The lowest BCUT2D eigenvalue weighted by Gasteiger charge is -2.23. The minimum absolute atomic E-state index is 0. The molecule has 0 radical (unpaired) electrons. The average molecular weight is 221 g/mol. The fourth-order valence-corrected chi connectivity index (χ4v) is 1.76. The number of rotatable bonds is 5. The number of para-hydroxylation sites is 1. The maximum absolute atomic E-state index is 5.28. The summed E-state index contributed by atoms with van der Waals surface area (Å²) >= 11 is 0. The molecule has 2 aliphatic heterocycles. The second kappa shape index (κ2) is 4.85. The van der Waals surface area contributed by atoms with E-state index in [0.717, 1.165) is 26.3 Å². The molecule has 1 aromatic carbocycles. The van der Waals surface area contributed by atoms with Gasteiger partial charge in [0.25, 0.3) is 0 Å². The molecule has 3 nitrogen and oxygen atoms in total. The Bertz CT molecular complexity index is 306. The Balaban J connectivity index is 0.000000963. The van der Waals surface area contributed by atoms with Crippen molar-refractivity contribution in [3.8, 4) is 0 Å². The van der Waals surface area contributed by atoms with Gasteiger partial charge in [-0.1, -0.05) is 25.6 Å². The van der Waals surface area contributed by atoms with Crippen molar-refractivity contribution in [1.29, 1.82) is 0 Å². The van der Waals surface area contributed by atoms with Crippen molar-refractivity contribution in [3.05, 3.63) is 30.3 Å². The third-order valence-corrected chi connectivity index (χ3v) is 2.77. The number of anilines is 1. The van der Waals surface area contributed by atoms with Gasteiger partial charge in [0.1, 0.15) is 0 Å². The van der Waals surface area contributed by atoms with E-state index in [9.17, 15) is 0 Å². The first-order chi connectivity index (χ1) is 7.42. The highest BCUT2D eigenvalue weighted by Crippen LogP contribution is 2.21. The maximum atomic E-state index is 5.28. The summed E-state index contributed by atoms with van der Waals surface area (Å²) in [5.74, 6) is 0. The van der Waals surface area contributed by atoms with Crippen molar-refractivity contribution in [2.75, 3.05) is 31.2 Å². The molecule has 16 heavy (non-hydrogen) atoms. The van der Waals surface area contributed by atoms with E-state index in [0.29, 0.717) is 12.2 Å². The molecule has 1 aromatic rings. The smallest absolute Gasteiger partial charge is 0.0984 e. The van der Waals surface area contributed by atoms with Crippen LogP contribution in [0.5, 0.6) is 0 Å². The van der Waals surface area contributed by atoms with Gasteiger partial charge in [0.2, 0.25) is 0 Å². The Morgan fingerprint density at radius 2 is 1.50 bits per heavy atom. The van der Waals surface area contributed by atoms with Crippen LogP contribution in [-0.4, -0.2) is 38.5 Å². The summed E-state index contributed by atoms with van der Waals surface area (Å²) in [6, 6.07) is 10.5. The zero-order valence-electron chi connectivity index (χ0n) is 8.63. The lowest BCUT2D eigenvalue weighted by atomic mass is 10.2. The van der Waals surface area contributed by atoms with E-state index in [4.69, 9.17) is 9.47 Å². The predicted octanol–water partition coefficient (Wildman–Crippen LogP) is 1.93. The molecule has 2 aliphatic rings. The summed E-state index contributed by atoms with van der Waals surface area (Å²) in [4.78, 5) is 2.36. The van der Waals surface area contributed by atoms with Gasteiger partial charge in [-0.3, -0.25) is 0 Å². The molecule has 0 aromatic heterocycles. The van der Waals surface area contributed by atoms with Crippen LogP contribution < -0.4 is 4.90 Å². The summed E-state index contributed by atoms with van der Waals surface area (Å²) < 4.78 is 10.6. The Morgan fingerprint density at radius 3 is 1.94 bits per heavy atom. The summed E-state index contributed by atoms with van der Waals surface area (Å²) in [7, 11) is 0. The van der Waals surface area contributed by atoms with Crippen LogP contribution in [0.15, 0.2) is 30.3 Å². The SMILES string of the molecule is C.c1ccc(N(CC2CO2)CC2CO2)cc1. The first-order valence-corrected chi connectivity index (χ1v) is 5.45. The third-order valence-electron chi connectivity index (χ3n) is 2.77. The monoisotopic (exact) mass is 221 g/mol. The lowest BCUT2D eigenvalue weighted by Crippen LogP contribution is -2.31. The first-order valence-electron chi connectivity index (χ1n) is 5.45. The number of hydrogen-bond acceptors (Lipinski definition) is 3. The van der Waals surface area contributed by atoms with Crippen molar-refractivity contribution in [2.24, 2.45) is 0 Å². The summed E-state index contributed by atoms with van der Waals surface area (Å²) in [6.07, 6.45) is 0.868. The molecule has 2 fully saturated rings. The molecule has 0 spiro atoms. The predicted molar refractivity (Wildman–Crippen MR) is 64.9 cm³/mol. The maximum Gasteiger partial charge on any atom is 0.0984 e. The topological polar surface area (TPSA) is 28.3 Å². The van der Waals surface area contributed by atoms with Gasteiger partial charge < -0.3 is 14.4 Å². The first kappa shape index (κ1) is 11.4. The van der Waals surface area contributed by atoms with E-state index in [2.05, 4.69) is 29.2 Å². The molecule has 0 aliphatic carbocycles. The highest BCUT2D eigenvalue weighted by molar-refractivity contribution is 5.46. The normalized spacial score (nSPS) is 25.8. The Labute approximate surface area is 97.0 Å². The fraction of sp³-hybridized carbons (Fsp3) is 0.538. The number of epoxide rings is 2. The van der Waals surface area contributed by atoms with Gasteiger partial charge >= 0.3 is 0 Å². The zero-order chi connectivity index (χ0) is 10.1. The minimum Gasteiger partial charge on any atom is -0.371 e. The molecule has 0 bridgehead atoms. The Hall–Kier alpha value is -1.06. The average Bonchev–Trinajstić information content (AvgIpc) is 3.13. The van der Waals surface area contributed by atoms with Crippen molar-refractivity contribution in [1.82, 2.24) is 0 Å². The fourth-order valence-electron chi connectivity index (χ4n) is 1.76. The standard InChI is InChI=1S/C12H15NO2.CH4/c1-2-4-10(5-3-1)13(6-11-8-14-11)7-12-9-15-12;/h1-5,11-12H,6-9H2;1H4. The van der Waals surface area contributed by atoms with E-state index in [1.165, 1.54) is 5.69 Å². The third kappa shape index (κ3) is 2.97. The molecule has 3 rings (SSSR count). The van der Waals surface area contributed by atoms with Crippen LogP contribution in [0.2, 0.25) is 0 Å². The summed E-state index contributed by atoms with van der Waals surface area (Å²) in [6.45, 7) is 3.80. The van der Waals surface area contributed by atoms with Crippen LogP contribution in [0.4, 0.5) is 5.69 Å². The van der Waals surface area contributed by atoms with Crippen LogP contribution in [0.25, 0.3) is 0 Å².